The standard InChI is InChI=1S/C10H10FNO2/c1-14-9(13)6-5-7-3-2-4-8(12)10(7)11/h2-6H,12H2,1H3. The fraction of sp³-hybridized carbons (Fsp3) is 0.100. The summed E-state index contributed by atoms with van der Waals surface area (Å²) in [7, 11) is 1.25. The number of hydrogen-bond acceptors (Lipinski definition) is 3. The van der Waals surface area contributed by atoms with E-state index in [0.29, 0.717) is 0 Å². The molecule has 0 amide bonds. The summed E-state index contributed by atoms with van der Waals surface area (Å²) in [4.78, 5) is 10.7. The van der Waals surface area contributed by atoms with Crippen LogP contribution in [0.1, 0.15) is 5.56 Å². The highest BCUT2D eigenvalue weighted by Gasteiger charge is 2.02. The molecule has 0 spiro atoms. The number of ether oxygens (including phenoxy) is 1. The van der Waals surface area contributed by atoms with E-state index in [0.717, 1.165) is 6.08 Å². The van der Waals surface area contributed by atoms with Gasteiger partial charge in [-0.25, -0.2) is 9.18 Å². The van der Waals surface area contributed by atoms with Gasteiger partial charge in [0.25, 0.3) is 0 Å². The molecule has 0 unspecified atom stereocenters. The summed E-state index contributed by atoms with van der Waals surface area (Å²) in [6, 6.07) is 4.57. The minimum absolute atomic E-state index is 0.0528. The Morgan fingerprint density at radius 2 is 2.29 bits per heavy atom. The summed E-state index contributed by atoms with van der Waals surface area (Å²) < 4.78 is 17.6. The Labute approximate surface area is 81.0 Å². The van der Waals surface area contributed by atoms with E-state index in [4.69, 9.17) is 5.73 Å². The quantitative estimate of drug-likeness (QED) is 0.443. The molecule has 0 fully saturated rings. The molecule has 0 aliphatic carbocycles. The molecule has 1 rings (SSSR count). The van der Waals surface area contributed by atoms with E-state index in [1.54, 1.807) is 6.07 Å². The molecule has 3 nitrogen and oxygen atoms in total. The van der Waals surface area contributed by atoms with Crippen LogP contribution in [0.5, 0.6) is 0 Å². The number of nitrogens with two attached hydrogens (primary N) is 1. The maximum atomic E-state index is 13.2. The molecule has 0 radical (unpaired) electrons. The predicted molar refractivity (Wildman–Crippen MR) is 51.9 cm³/mol. The lowest BCUT2D eigenvalue weighted by atomic mass is 10.2. The second-order valence-electron chi connectivity index (χ2n) is 2.61. The van der Waals surface area contributed by atoms with E-state index >= 15 is 0 Å². The Hall–Kier alpha value is -1.84. The summed E-state index contributed by atoms with van der Waals surface area (Å²) >= 11 is 0. The van der Waals surface area contributed by atoms with Crippen LogP contribution < -0.4 is 5.73 Å². The van der Waals surface area contributed by atoms with Gasteiger partial charge in [0.15, 0.2) is 5.82 Å². The number of hydrogen-bond donors (Lipinski definition) is 1. The molecule has 1 aromatic carbocycles. The largest absolute Gasteiger partial charge is 0.466 e. The Kier molecular flexibility index (Phi) is 3.23. The lowest BCUT2D eigenvalue weighted by Crippen LogP contribution is -1.95. The Balaban J connectivity index is 2.92. The van der Waals surface area contributed by atoms with Crippen molar-refractivity contribution in [3.05, 3.63) is 35.7 Å². The fourth-order valence-corrected chi connectivity index (χ4v) is 0.923. The maximum absolute atomic E-state index is 13.2. The van der Waals surface area contributed by atoms with Gasteiger partial charge >= 0.3 is 5.97 Å². The van der Waals surface area contributed by atoms with Crippen LogP contribution >= 0.6 is 0 Å². The molecule has 0 saturated heterocycles. The van der Waals surface area contributed by atoms with E-state index in [1.165, 1.54) is 25.3 Å². The van der Waals surface area contributed by atoms with Crippen molar-refractivity contribution in [2.75, 3.05) is 12.8 Å². The third-order valence-corrected chi connectivity index (χ3v) is 1.66. The molecule has 4 heteroatoms. The van der Waals surface area contributed by atoms with Crippen LogP contribution in [0.3, 0.4) is 0 Å². The van der Waals surface area contributed by atoms with Crippen LogP contribution in [0.25, 0.3) is 6.08 Å². The lowest BCUT2D eigenvalue weighted by molar-refractivity contribution is -0.134. The minimum atomic E-state index is -0.535. The second-order valence-corrected chi connectivity index (χ2v) is 2.61. The van der Waals surface area contributed by atoms with Gasteiger partial charge in [0.2, 0.25) is 0 Å². The molecule has 0 bridgehead atoms. The molecular formula is C10H10FNO2. The number of carbonyl (C=O) groups excluding carboxylic acids is 1. The zero-order valence-corrected chi connectivity index (χ0v) is 7.66. The zero-order chi connectivity index (χ0) is 10.6. The number of rotatable bonds is 2. The van der Waals surface area contributed by atoms with Gasteiger partial charge in [0.05, 0.1) is 12.8 Å². The van der Waals surface area contributed by atoms with Crippen molar-refractivity contribution < 1.29 is 13.9 Å². The van der Waals surface area contributed by atoms with Gasteiger partial charge in [0.1, 0.15) is 0 Å². The van der Waals surface area contributed by atoms with Gasteiger partial charge in [-0.1, -0.05) is 12.1 Å². The fourth-order valence-electron chi connectivity index (χ4n) is 0.923. The van der Waals surface area contributed by atoms with Crippen LogP contribution in [-0.4, -0.2) is 13.1 Å². The number of esters is 1. The summed E-state index contributed by atoms with van der Waals surface area (Å²) in [5.74, 6) is -1.07. The number of halogens is 1. The van der Waals surface area contributed by atoms with Crippen molar-refractivity contribution >= 4 is 17.7 Å². The molecule has 1 aromatic rings. The van der Waals surface area contributed by atoms with Gasteiger partial charge in [-0.3, -0.25) is 0 Å². The lowest BCUT2D eigenvalue weighted by Gasteiger charge is -1.99. The van der Waals surface area contributed by atoms with Crippen molar-refractivity contribution in [1.29, 1.82) is 0 Å². The van der Waals surface area contributed by atoms with E-state index in [2.05, 4.69) is 4.74 Å². The summed E-state index contributed by atoms with van der Waals surface area (Å²) in [6.45, 7) is 0. The van der Waals surface area contributed by atoms with Crippen molar-refractivity contribution in [2.45, 2.75) is 0 Å². The van der Waals surface area contributed by atoms with E-state index < -0.39 is 11.8 Å². The normalized spacial score (nSPS) is 10.4. The van der Waals surface area contributed by atoms with Crippen molar-refractivity contribution in [2.24, 2.45) is 0 Å². The Morgan fingerprint density at radius 3 is 2.93 bits per heavy atom. The first-order valence-corrected chi connectivity index (χ1v) is 3.95. The number of carbonyl (C=O) groups is 1. The van der Waals surface area contributed by atoms with Gasteiger partial charge < -0.3 is 10.5 Å². The molecule has 0 aliphatic heterocycles. The SMILES string of the molecule is COC(=O)C=Cc1cccc(N)c1F. The highest BCUT2D eigenvalue weighted by atomic mass is 19.1. The topological polar surface area (TPSA) is 52.3 Å². The number of nitrogen functional groups attached to an aromatic ring is 1. The van der Waals surface area contributed by atoms with Crippen LogP contribution in [-0.2, 0) is 9.53 Å². The first-order valence-electron chi connectivity index (χ1n) is 3.95. The van der Waals surface area contributed by atoms with Crippen molar-refractivity contribution in [3.63, 3.8) is 0 Å². The molecule has 14 heavy (non-hydrogen) atoms. The second kappa shape index (κ2) is 4.41. The first kappa shape index (κ1) is 10.2. The van der Waals surface area contributed by atoms with E-state index in [9.17, 15) is 9.18 Å². The molecule has 74 valence electrons. The van der Waals surface area contributed by atoms with Crippen molar-refractivity contribution in [1.82, 2.24) is 0 Å². The molecule has 0 atom stereocenters. The van der Waals surface area contributed by atoms with Gasteiger partial charge in [0, 0.05) is 11.6 Å². The smallest absolute Gasteiger partial charge is 0.330 e. The Morgan fingerprint density at radius 1 is 1.57 bits per heavy atom. The predicted octanol–water partition coefficient (Wildman–Crippen LogP) is 1.59. The van der Waals surface area contributed by atoms with E-state index in [1.807, 2.05) is 0 Å². The zero-order valence-electron chi connectivity index (χ0n) is 7.66. The average molecular weight is 195 g/mol. The molecule has 2 N–H and O–H groups in total. The molecular weight excluding hydrogens is 185 g/mol. The number of benzene rings is 1. The van der Waals surface area contributed by atoms with Crippen LogP contribution in [0, 0.1) is 5.82 Å². The number of methoxy groups -OCH3 is 1. The molecule has 0 heterocycles. The third-order valence-electron chi connectivity index (χ3n) is 1.66. The summed E-state index contributed by atoms with van der Waals surface area (Å²) in [5, 5.41) is 0. The average Bonchev–Trinajstić information content (AvgIpc) is 2.20. The molecule has 0 aliphatic rings. The first-order chi connectivity index (χ1) is 6.65. The monoisotopic (exact) mass is 195 g/mol. The van der Waals surface area contributed by atoms with Gasteiger partial charge in [-0.05, 0) is 12.1 Å². The van der Waals surface area contributed by atoms with Gasteiger partial charge in [-0.15, -0.1) is 0 Å². The van der Waals surface area contributed by atoms with Gasteiger partial charge in [-0.2, -0.15) is 0 Å². The third kappa shape index (κ3) is 2.32. The highest BCUT2D eigenvalue weighted by molar-refractivity contribution is 5.87. The number of anilines is 1. The van der Waals surface area contributed by atoms with Crippen molar-refractivity contribution in [3.8, 4) is 0 Å². The Bertz CT molecular complexity index is 374. The van der Waals surface area contributed by atoms with Crippen LogP contribution in [0.15, 0.2) is 24.3 Å². The minimum Gasteiger partial charge on any atom is -0.466 e. The molecule has 0 saturated carbocycles. The van der Waals surface area contributed by atoms with Crippen LogP contribution in [0.4, 0.5) is 10.1 Å². The molecule has 0 aromatic heterocycles. The highest BCUT2D eigenvalue weighted by Crippen LogP contribution is 2.15. The summed E-state index contributed by atoms with van der Waals surface area (Å²) in [5.41, 5.74) is 5.65. The summed E-state index contributed by atoms with van der Waals surface area (Å²) in [6.07, 6.45) is 2.45. The van der Waals surface area contributed by atoms with E-state index in [-0.39, 0.29) is 11.3 Å². The van der Waals surface area contributed by atoms with Crippen LogP contribution in [0.2, 0.25) is 0 Å². The maximum Gasteiger partial charge on any atom is 0.330 e.